The predicted molar refractivity (Wildman–Crippen MR) is 133 cm³/mol. The van der Waals surface area contributed by atoms with Crippen molar-refractivity contribution in [1.82, 2.24) is 10.2 Å². The molecule has 3 rings (SSSR count). The van der Waals surface area contributed by atoms with Gasteiger partial charge < -0.3 is 29.2 Å². The van der Waals surface area contributed by atoms with Gasteiger partial charge in [-0.25, -0.2) is 0 Å². The van der Waals surface area contributed by atoms with Gasteiger partial charge in [0.05, 0.1) is 45.1 Å². The molecule has 1 fully saturated rings. The van der Waals surface area contributed by atoms with E-state index in [1.807, 2.05) is 0 Å². The van der Waals surface area contributed by atoms with E-state index in [0.29, 0.717) is 54.1 Å². The molecule has 8 nitrogen and oxygen atoms in total. The summed E-state index contributed by atoms with van der Waals surface area (Å²) >= 11 is 8.33. The first kappa shape index (κ1) is 25.1. The second-order valence-corrected chi connectivity index (χ2v) is 8.65. The molecule has 10 heteroatoms. The number of carbonyl (C=O) groups is 2. The number of morpholine rings is 1. The molecule has 0 aromatic heterocycles. The molecule has 176 valence electrons. The van der Waals surface area contributed by atoms with E-state index in [9.17, 15) is 9.59 Å². The largest absolute Gasteiger partial charge is 0.493 e. The van der Waals surface area contributed by atoms with E-state index in [-0.39, 0.29) is 17.2 Å². The number of hydrogen-bond acceptors (Lipinski definition) is 6. The van der Waals surface area contributed by atoms with Crippen LogP contribution >= 0.6 is 34.2 Å². The lowest BCUT2D eigenvalue weighted by atomic mass is 10.1. The van der Waals surface area contributed by atoms with Gasteiger partial charge in [-0.15, -0.1) is 0 Å². The molecule has 0 aliphatic carbocycles. The molecule has 2 aromatic carbocycles. The minimum absolute atomic E-state index is 0.0890. The van der Waals surface area contributed by atoms with E-state index in [1.165, 1.54) is 21.3 Å². The van der Waals surface area contributed by atoms with Gasteiger partial charge in [0.15, 0.2) is 11.5 Å². The number of amides is 2. The summed E-state index contributed by atoms with van der Waals surface area (Å²) < 4.78 is 22.4. The summed E-state index contributed by atoms with van der Waals surface area (Å²) in [6.07, 6.45) is 1.57. The maximum Gasteiger partial charge on any atom is 0.270 e. The van der Waals surface area contributed by atoms with Gasteiger partial charge >= 0.3 is 0 Å². The van der Waals surface area contributed by atoms with Gasteiger partial charge in [-0.3, -0.25) is 9.59 Å². The number of hydrogen-bond donors (Lipinski definition) is 1. The molecule has 1 saturated heterocycles. The number of nitrogens with one attached hydrogen (secondary N) is 1. The number of rotatable bonds is 7. The van der Waals surface area contributed by atoms with Gasteiger partial charge in [-0.1, -0.05) is 11.6 Å². The fraction of sp³-hybridized carbons (Fsp3) is 0.304. The van der Waals surface area contributed by atoms with Gasteiger partial charge in [0.2, 0.25) is 5.75 Å². The van der Waals surface area contributed by atoms with Gasteiger partial charge in [-0.05, 0) is 64.6 Å². The van der Waals surface area contributed by atoms with E-state index >= 15 is 0 Å². The zero-order valence-corrected chi connectivity index (χ0v) is 21.4. The Kier molecular flexibility index (Phi) is 8.81. The zero-order valence-electron chi connectivity index (χ0n) is 18.4. The highest BCUT2D eigenvalue weighted by Gasteiger charge is 2.24. The van der Waals surface area contributed by atoms with Crippen molar-refractivity contribution in [1.29, 1.82) is 0 Å². The summed E-state index contributed by atoms with van der Waals surface area (Å²) in [5.41, 5.74) is 0.940. The molecule has 0 spiro atoms. The summed E-state index contributed by atoms with van der Waals surface area (Å²) in [7, 11) is 4.52. The first-order valence-corrected chi connectivity index (χ1v) is 11.5. The van der Waals surface area contributed by atoms with Crippen LogP contribution in [0.3, 0.4) is 0 Å². The molecule has 1 heterocycles. The Labute approximate surface area is 210 Å². The number of methoxy groups -OCH3 is 3. The third kappa shape index (κ3) is 6.10. The molecule has 33 heavy (non-hydrogen) atoms. The quantitative estimate of drug-likeness (QED) is 0.394. The lowest BCUT2D eigenvalue weighted by Crippen LogP contribution is -2.44. The average molecular weight is 587 g/mol. The first-order valence-electron chi connectivity index (χ1n) is 10.0. The Hall–Kier alpha value is -2.50. The van der Waals surface area contributed by atoms with E-state index in [2.05, 4.69) is 27.9 Å². The third-order valence-corrected chi connectivity index (χ3v) is 5.95. The normalized spacial score (nSPS) is 14.0. The SMILES string of the molecule is COc1cc(/C=C(\NC(=O)c2cc(I)ccc2Cl)C(=O)N2CCOCC2)cc(OC)c1OC. The summed E-state index contributed by atoms with van der Waals surface area (Å²) in [4.78, 5) is 28.0. The summed E-state index contributed by atoms with van der Waals surface area (Å²) in [5, 5.41) is 3.03. The monoisotopic (exact) mass is 586 g/mol. The van der Waals surface area contributed by atoms with Gasteiger partial charge in [0.25, 0.3) is 11.8 Å². The molecule has 0 saturated carbocycles. The van der Waals surface area contributed by atoms with Crippen LogP contribution in [0.1, 0.15) is 15.9 Å². The zero-order chi connectivity index (χ0) is 24.0. The van der Waals surface area contributed by atoms with E-state index in [0.717, 1.165) is 3.57 Å². The highest BCUT2D eigenvalue weighted by atomic mass is 127. The number of carbonyl (C=O) groups excluding carboxylic acids is 2. The van der Waals surface area contributed by atoms with E-state index in [4.69, 9.17) is 30.5 Å². The number of benzene rings is 2. The van der Waals surface area contributed by atoms with Crippen molar-refractivity contribution < 1.29 is 28.5 Å². The van der Waals surface area contributed by atoms with Crippen molar-refractivity contribution >= 4 is 52.1 Å². The molecular formula is C23H24ClIN2O6. The van der Waals surface area contributed by atoms with Crippen LogP contribution in [0.15, 0.2) is 36.0 Å². The van der Waals surface area contributed by atoms with Crippen molar-refractivity contribution in [2.45, 2.75) is 0 Å². The van der Waals surface area contributed by atoms with Crippen LogP contribution in [0.4, 0.5) is 0 Å². The first-order chi connectivity index (χ1) is 15.9. The smallest absolute Gasteiger partial charge is 0.270 e. The Bertz CT molecular complexity index is 1040. The lowest BCUT2D eigenvalue weighted by Gasteiger charge is -2.28. The van der Waals surface area contributed by atoms with Crippen molar-refractivity contribution in [2.24, 2.45) is 0 Å². The second kappa shape index (κ2) is 11.6. The minimum atomic E-state index is -0.487. The summed E-state index contributed by atoms with van der Waals surface area (Å²) in [6, 6.07) is 8.49. The molecular weight excluding hydrogens is 563 g/mol. The van der Waals surface area contributed by atoms with E-state index < -0.39 is 5.91 Å². The molecule has 2 aromatic rings. The lowest BCUT2D eigenvalue weighted by molar-refractivity contribution is -0.131. The van der Waals surface area contributed by atoms with Crippen molar-refractivity contribution in [3.05, 3.63) is 55.7 Å². The van der Waals surface area contributed by atoms with E-state index in [1.54, 1.807) is 41.3 Å². The summed E-state index contributed by atoms with van der Waals surface area (Å²) in [6.45, 7) is 1.70. The molecule has 0 radical (unpaired) electrons. The van der Waals surface area contributed by atoms with Crippen LogP contribution in [0.2, 0.25) is 5.02 Å². The van der Waals surface area contributed by atoms with Crippen molar-refractivity contribution in [3.8, 4) is 17.2 Å². The Morgan fingerprint density at radius 3 is 2.27 bits per heavy atom. The number of ether oxygens (including phenoxy) is 4. The van der Waals surface area contributed by atoms with Crippen LogP contribution < -0.4 is 19.5 Å². The molecule has 2 amide bonds. The minimum Gasteiger partial charge on any atom is -0.493 e. The topological polar surface area (TPSA) is 86.3 Å². The third-order valence-electron chi connectivity index (χ3n) is 4.95. The number of nitrogens with zero attached hydrogens (tertiary/aromatic N) is 1. The Balaban J connectivity index is 2.03. The number of halogens is 2. The van der Waals surface area contributed by atoms with Crippen LogP contribution in [0.25, 0.3) is 6.08 Å². The Morgan fingerprint density at radius 1 is 1.06 bits per heavy atom. The van der Waals surface area contributed by atoms with Gasteiger partial charge in [0, 0.05) is 16.7 Å². The van der Waals surface area contributed by atoms with Gasteiger partial charge in [0.1, 0.15) is 5.70 Å². The van der Waals surface area contributed by atoms with Crippen molar-refractivity contribution in [2.75, 3.05) is 47.6 Å². The maximum atomic E-state index is 13.3. The van der Waals surface area contributed by atoms with Crippen LogP contribution in [-0.4, -0.2) is 64.3 Å². The second-order valence-electron chi connectivity index (χ2n) is 7.00. The summed E-state index contributed by atoms with van der Waals surface area (Å²) in [5.74, 6) is 0.454. The molecule has 1 N–H and O–H groups in total. The Morgan fingerprint density at radius 2 is 1.70 bits per heavy atom. The standard InChI is InChI=1S/C23H24ClIN2O6/c1-30-19-11-14(12-20(31-2)21(19)32-3)10-18(23(29)27-6-8-33-9-7-27)26-22(28)16-13-15(25)4-5-17(16)24/h4-5,10-13H,6-9H2,1-3H3,(H,26,28)/b18-10-. The maximum absolute atomic E-state index is 13.3. The molecule has 0 unspecified atom stereocenters. The van der Waals surface area contributed by atoms with Crippen LogP contribution in [0.5, 0.6) is 17.2 Å². The highest BCUT2D eigenvalue weighted by molar-refractivity contribution is 14.1. The fourth-order valence-corrected chi connectivity index (χ4v) is 4.00. The molecule has 1 aliphatic rings. The molecule has 0 bridgehead atoms. The highest BCUT2D eigenvalue weighted by Crippen LogP contribution is 2.38. The van der Waals surface area contributed by atoms with Crippen LogP contribution in [-0.2, 0) is 9.53 Å². The average Bonchev–Trinajstić information content (AvgIpc) is 2.84. The van der Waals surface area contributed by atoms with Crippen molar-refractivity contribution in [3.63, 3.8) is 0 Å². The van der Waals surface area contributed by atoms with Gasteiger partial charge in [-0.2, -0.15) is 0 Å². The fourth-order valence-electron chi connectivity index (χ4n) is 3.30. The predicted octanol–water partition coefficient (Wildman–Crippen LogP) is 3.60. The van der Waals surface area contributed by atoms with Crippen LogP contribution in [0, 0.1) is 3.57 Å². The molecule has 1 aliphatic heterocycles. The molecule has 0 atom stereocenters.